The Balaban J connectivity index is 1.31. The van der Waals surface area contributed by atoms with E-state index in [0.717, 1.165) is 62.0 Å². The van der Waals surface area contributed by atoms with Crippen LogP contribution in [0.25, 0.3) is 16.6 Å². The van der Waals surface area contributed by atoms with Gasteiger partial charge in [-0.1, -0.05) is 24.3 Å². The average molecular weight is 579 g/mol. The highest BCUT2D eigenvalue weighted by molar-refractivity contribution is 5.81. The van der Waals surface area contributed by atoms with E-state index in [0.29, 0.717) is 31.6 Å². The molecule has 2 aliphatic rings. The number of nitrogens with zero attached hydrogens (tertiary/aromatic N) is 5. The predicted octanol–water partition coefficient (Wildman–Crippen LogP) is 4.91. The number of anilines is 1. The minimum atomic E-state index is -0.477. The van der Waals surface area contributed by atoms with Crippen molar-refractivity contribution in [2.75, 3.05) is 45.2 Å². The summed E-state index contributed by atoms with van der Waals surface area (Å²) in [5.74, 6) is 0.917. The molecule has 1 aromatic carbocycles. The van der Waals surface area contributed by atoms with Gasteiger partial charge in [0.1, 0.15) is 5.60 Å². The van der Waals surface area contributed by atoms with Crippen LogP contribution >= 0.6 is 0 Å². The monoisotopic (exact) mass is 578 g/mol. The lowest BCUT2D eigenvalue weighted by Crippen LogP contribution is -2.49. The van der Waals surface area contributed by atoms with Gasteiger partial charge >= 0.3 is 6.09 Å². The number of aliphatic hydroxyl groups excluding tert-OH is 1. The molecule has 42 heavy (non-hydrogen) atoms. The normalized spacial score (nSPS) is 21.0. The summed E-state index contributed by atoms with van der Waals surface area (Å²) < 4.78 is 12.8. The van der Waals surface area contributed by atoms with E-state index in [-0.39, 0.29) is 18.2 Å². The van der Waals surface area contributed by atoms with Crippen LogP contribution in [0.2, 0.25) is 0 Å². The molecule has 2 N–H and O–H groups in total. The Morgan fingerprint density at radius 3 is 2.43 bits per heavy atom. The highest BCUT2D eigenvalue weighted by Gasteiger charge is 2.27. The SMILES string of the molecule is COCC(C)Nc1ncc2c(-c3ccc(CN4CCN(C(=O)OC(C)(C)C)CC4)cc3)cc(C3CCC(O)CC3)n2n1. The van der Waals surface area contributed by atoms with Crippen molar-refractivity contribution in [3.8, 4) is 11.1 Å². The summed E-state index contributed by atoms with van der Waals surface area (Å²) in [6.07, 6.45) is 4.99. The molecule has 5 rings (SSSR count). The molecule has 1 atom stereocenters. The lowest BCUT2D eigenvalue weighted by molar-refractivity contribution is 0.0139. The Morgan fingerprint density at radius 1 is 1.10 bits per heavy atom. The van der Waals surface area contributed by atoms with Crippen molar-refractivity contribution >= 4 is 17.6 Å². The number of ether oxygens (including phenoxy) is 2. The minimum Gasteiger partial charge on any atom is -0.444 e. The van der Waals surface area contributed by atoms with Gasteiger partial charge in [0.15, 0.2) is 0 Å². The second-order valence-electron chi connectivity index (χ2n) is 12.8. The standard InChI is InChI=1S/C32H46N6O4/c1-22(21-41-5)34-30-33-19-29-27(18-28(38(29)35-30)25-10-12-26(39)13-11-25)24-8-6-23(7-9-24)20-36-14-16-37(17-15-36)31(40)42-32(2,3)4/h6-9,18-19,22,25-26,39H,10-17,20-21H2,1-5H3,(H,34,35). The summed E-state index contributed by atoms with van der Waals surface area (Å²) in [5, 5.41) is 18.4. The van der Waals surface area contributed by atoms with Gasteiger partial charge in [0.2, 0.25) is 5.95 Å². The molecule has 2 fully saturated rings. The zero-order chi connectivity index (χ0) is 29.9. The fraction of sp³-hybridized carbons (Fsp3) is 0.594. The van der Waals surface area contributed by atoms with E-state index in [2.05, 4.69) is 45.5 Å². The molecule has 3 aromatic rings. The van der Waals surface area contributed by atoms with Crippen LogP contribution in [0.1, 0.15) is 70.6 Å². The van der Waals surface area contributed by atoms with E-state index in [1.807, 2.05) is 38.4 Å². The van der Waals surface area contributed by atoms with Crippen molar-refractivity contribution in [2.45, 2.75) is 83.6 Å². The van der Waals surface area contributed by atoms with Crippen LogP contribution in [0, 0.1) is 0 Å². The first kappa shape index (κ1) is 30.3. The van der Waals surface area contributed by atoms with Crippen LogP contribution < -0.4 is 5.32 Å². The molecule has 1 unspecified atom stereocenters. The molecular formula is C32H46N6O4. The molecule has 1 aliphatic heterocycles. The molecule has 3 heterocycles. The first-order valence-corrected chi connectivity index (χ1v) is 15.2. The van der Waals surface area contributed by atoms with Gasteiger partial charge in [-0.15, -0.1) is 5.10 Å². The smallest absolute Gasteiger partial charge is 0.410 e. The topological polar surface area (TPSA) is 104 Å². The molecule has 10 heteroatoms. The average Bonchev–Trinajstić information content (AvgIpc) is 3.32. The number of amides is 1. The van der Waals surface area contributed by atoms with E-state index < -0.39 is 5.60 Å². The minimum absolute atomic E-state index is 0.0867. The molecule has 1 saturated heterocycles. The lowest BCUT2D eigenvalue weighted by Gasteiger charge is -2.35. The third-order valence-corrected chi connectivity index (χ3v) is 8.15. The van der Waals surface area contributed by atoms with Gasteiger partial charge in [-0.25, -0.2) is 14.3 Å². The highest BCUT2D eigenvalue weighted by Crippen LogP contribution is 2.37. The van der Waals surface area contributed by atoms with Crippen molar-refractivity contribution < 1.29 is 19.4 Å². The second kappa shape index (κ2) is 13.0. The van der Waals surface area contributed by atoms with Crippen molar-refractivity contribution in [3.63, 3.8) is 0 Å². The molecule has 2 aromatic heterocycles. The number of fused-ring (bicyclic) bond motifs is 1. The molecule has 0 radical (unpaired) electrons. The lowest BCUT2D eigenvalue weighted by atomic mass is 9.85. The Morgan fingerprint density at radius 2 is 1.79 bits per heavy atom. The summed E-state index contributed by atoms with van der Waals surface area (Å²) in [4.78, 5) is 21.2. The van der Waals surface area contributed by atoms with Crippen LogP contribution in [0.4, 0.5) is 10.7 Å². The number of carbonyl (C=O) groups excluding carboxylic acids is 1. The van der Waals surface area contributed by atoms with Gasteiger partial charge in [-0.05, 0) is 70.6 Å². The summed E-state index contributed by atoms with van der Waals surface area (Å²) in [5.41, 5.74) is 5.16. The molecule has 0 spiro atoms. The highest BCUT2D eigenvalue weighted by atomic mass is 16.6. The summed E-state index contributed by atoms with van der Waals surface area (Å²) in [6, 6.07) is 11.1. The number of methoxy groups -OCH3 is 1. The third-order valence-electron chi connectivity index (χ3n) is 8.15. The third kappa shape index (κ3) is 7.40. The number of aromatic nitrogens is 3. The number of benzene rings is 1. The van der Waals surface area contributed by atoms with Gasteiger partial charge < -0.3 is 24.8 Å². The van der Waals surface area contributed by atoms with E-state index in [9.17, 15) is 9.90 Å². The van der Waals surface area contributed by atoms with E-state index in [1.165, 1.54) is 11.3 Å². The first-order chi connectivity index (χ1) is 20.1. The Hall–Kier alpha value is -3.21. The summed E-state index contributed by atoms with van der Waals surface area (Å²) in [6.45, 7) is 12.1. The van der Waals surface area contributed by atoms with Crippen LogP contribution in [-0.4, -0.2) is 93.2 Å². The molecule has 10 nitrogen and oxygen atoms in total. The number of hydrogen-bond acceptors (Lipinski definition) is 8. The van der Waals surface area contributed by atoms with Crippen molar-refractivity contribution in [2.24, 2.45) is 0 Å². The van der Waals surface area contributed by atoms with Gasteiger partial charge in [-0.3, -0.25) is 4.90 Å². The maximum Gasteiger partial charge on any atom is 0.410 e. The Kier molecular flexibility index (Phi) is 9.35. The maximum absolute atomic E-state index is 12.4. The molecule has 228 valence electrons. The molecular weight excluding hydrogens is 532 g/mol. The summed E-state index contributed by atoms with van der Waals surface area (Å²) in [7, 11) is 1.69. The van der Waals surface area contributed by atoms with Gasteiger partial charge in [0, 0.05) is 63.1 Å². The fourth-order valence-electron chi connectivity index (χ4n) is 5.95. The maximum atomic E-state index is 12.4. The molecule has 0 bridgehead atoms. The number of carbonyl (C=O) groups is 1. The molecule has 1 amide bonds. The van der Waals surface area contributed by atoms with Crippen molar-refractivity contribution in [3.05, 3.63) is 47.8 Å². The van der Waals surface area contributed by atoms with Gasteiger partial charge in [-0.2, -0.15) is 0 Å². The largest absolute Gasteiger partial charge is 0.444 e. The number of rotatable bonds is 8. The predicted molar refractivity (Wildman–Crippen MR) is 164 cm³/mol. The van der Waals surface area contributed by atoms with Gasteiger partial charge in [0.05, 0.1) is 24.4 Å². The number of nitrogens with one attached hydrogen (secondary N) is 1. The van der Waals surface area contributed by atoms with Crippen LogP contribution in [-0.2, 0) is 16.0 Å². The Labute approximate surface area is 249 Å². The molecule has 1 saturated carbocycles. The van der Waals surface area contributed by atoms with Crippen molar-refractivity contribution in [1.29, 1.82) is 0 Å². The number of piperazine rings is 1. The van der Waals surface area contributed by atoms with Crippen LogP contribution in [0.5, 0.6) is 0 Å². The van der Waals surface area contributed by atoms with Crippen LogP contribution in [0.3, 0.4) is 0 Å². The van der Waals surface area contributed by atoms with E-state index >= 15 is 0 Å². The van der Waals surface area contributed by atoms with Crippen molar-refractivity contribution in [1.82, 2.24) is 24.4 Å². The first-order valence-electron chi connectivity index (χ1n) is 15.2. The quantitative estimate of drug-likeness (QED) is 0.389. The molecule has 1 aliphatic carbocycles. The van der Waals surface area contributed by atoms with E-state index in [1.54, 1.807) is 12.0 Å². The van der Waals surface area contributed by atoms with Gasteiger partial charge in [0.25, 0.3) is 0 Å². The second-order valence-corrected chi connectivity index (χ2v) is 12.8. The van der Waals surface area contributed by atoms with Crippen LogP contribution in [0.15, 0.2) is 36.5 Å². The zero-order valence-corrected chi connectivity index (χ0v) is 25.7. The number of hydrogen-bond donors (Lipinski definition) is 2. The zero-order valence-electron chi connectivity index (χ0n) is 25.7. The number of aliphatic hydroxyl groups is 1. The summed E-state index contributed by atoms with van der Waals surface area (Å²) >= 11 is 0. The van der Waals surface area contributed by atoms with E-state index in [4.69, 9.17) is 14.6 Å². The fourth-order valence-corrected chi connectivity index (χ4v) is 5.95. The Bertz CT molecular complexity index is 1340.